The highest BCUT2D eigenvalue weighted by molar-refractivity contribution is 6.00. The topological polar surface area (TPSA) is 67.2 Å². The second-order valence-corrected chi connectivity index (χ2v) is 4.45. The lowest BCUT2D eigenvalue weighted by Crippen LogP contribution is -2.20. The Morgan fingerprint density at radius 3 is 2.37 bits per heavy atom. The van der Waals surface area contributed by atoms with Crippen LogP contribution in [0, 0.1) is 13.8 Å². The molecule has 0 aromatic heterocycles. The molecule has 4 N–H and O–H groups in total. The van der Waals surface area contributed by atoms with Crippen LogP contribution in [0.5, 0.6) is 0 Å². The van der Waals surface area contributed by atoms with E-state index in [9.17, 15) is 4.79 Å². The normalized spacial score (nSPS) is 10.0. The molecule has 2 aromatic rings. The first-order chi connectivity index (χ1) is 9.06. The van der Waals surface area contributed by atoms with Crippen LogP contribution < -0.4 is 16.4 Å². The monoisotopic (exact) mass is 255 g/mol. The highest BCUT2D eigenvalue weighted by Gasteiger charge is 2.05. The SMILES string of the molecule is Cc1cccc(NC(=O)Nc2ccc(N)cc2)c1C. The van der Waals surface area contributed by atoms with E-state index in [0.29, 0.717) is 11.4 Å². The number of anilines is 3. The summed E-state index contributed by atoms with van der Waals surface area (Å²) in [5.74, 6) is 0. The van der Waals surface area contributed by atoms with Gasteiger partial charge in [-0.25, -0.2) is 4.79 Å². The van der Waals surface area contributed by atoms with E-state index >= 15 is 0 Å². The van der Waals surface area contributed by atoms with Crippen molar-refractivity contribution in [1.82, 2.24) is 0 Å². The van der Waals surface area contributed by atoms with Crippen LogP contribution in [-0.2, 0) is 0 Å². The standard InChI is InChI=1S/C15H17N3O/c1-10-4-3-5-14(11(10)2)18-15(19)17-13-8-6-12(16)7-9-13/h3-9H,16H2,1-2H3,(H2,17,18,19). The Bertz CT molecular complexity index is 591. The van der Waals surface area contributed by atoms with Gasteiger partial charge in [0.2, 0.25) is 0 Å². The second-order valence-electron chi connectivity index (χ2n) is 4.45. The predicted octanol–water partition coefficient (Wildman–Crippen LogP) is 3.53. The predicted molar refractivity (Wildman–Crippen MR) is 79.4 cm³/mol. The molecular formula is C15H17N3O. The van der Waals surface area contributed by atoms with E-state index in [1.165, 1.54) is 0 Å². The van der Waals surface area contributed by atoms with E-state index in [4.69, 9.17) is 5.73 Å². The Morgan fingerprint density at radius 2 is 1.68 bits per heavy atom. The van der Waals surface area contributed by atoms with Gasteiger partial charge in [0.15, 0.2) is 0 Å². The lowest BCUT2D eigenvalue weighted by atomic mass is 10.1. The maximum absolute atomic E-state index is 11.9. The van der Waals surface area contributed by atoms with Crippen LogP contribution >= 0.6 is 0 Å². The number of nitrogen functional groups attached to an aromatic ring is 1. The summed E-state index contributed by atoms with van der Waals surface area (Å²) in [7, 11) is 0. The van der Waals surface area contributed by atoms with Crippen LogP contribution in [-0.4, -0.2) is 6.03 Å². The zero-order valence-corrected chi connectivity index (χ0v) is 11.0. The van der Waals surface area contributed by atoms with Crippen LogP contribution in [0.2, 0.25) is 0 Å². The molecule has 0 atom stereocenters. The number of nitrogens with two attached hydrogens (primary N) is 1. The number of benzene rings is 2. The Kier molecular flexibility index (Phi) is 3.71. The zero-order valence-electron chi connectivity index (χ0n) is 11.0. The lowest BCUT2D eigenvalue weighted by molar-refractivity contribution is 0.262. The average Bonchev–Trinajstić information content (AvgIpc) is 2.38. The van der Waals surface area contributed by atoms with E-state index in [1.807, 2.05) is 32.0 Å². The van der Waals surface area contributed by atoms with E-state index in [0.717, 1.165) is 16.8 Å². The summed E-state index contributed by atoms with van der Waals surface area (Å²) in [6.07, 6.45) is 0. The van der Waals surface area contributed by atoms with Crippen molar-refractivity contribution in [3.8, 4) is 0 Å². The fourth-order valence-electron chi connectivity index (χ4n) is 1.74. The Hall–Kier alpha value is -2.49. The quantitative estimate of drug-likeness (QED) is 0.719. The highest BCUT2D eigenvalue weighted by atomic mass is 16.2. The average molecular weight is 255 g/mol. The molecule has 0 spiro atoms. The third-order valence-corrected chi connectivity index (χ3v) is 3.02. The van der Waals surface area contributed by atoms with Crippen LogP contribution in [0.4, 0.5) is 21.9 Å². The highest BCUT2D eigenvalue weighted by Crippen LogP contribution is 2.18. The van der Waals surface area contributed by atoms with Crippen molar-refractivity contribution in [2.75, 3.05) is 16.4 Å². The van der Waals surface area contributed by atoms with E-state index in [-0.39, 0.29) is 6.03 Å². The van der Waals surface area contributed by atoms with Crippen LogP contribution in [0.15, 0.2) is 42.5 Å². The maximum atomic E-state index is 11.9. The van der Waals surface area contributed by atoms with Gasteiger partial charge in [-0.2, -0.15) is 0 Å². The van der Waals surface area contributed by atoms with Crippen molar-refractivity contribution in [3.05, 3.63) is 53.6 Å². The number of hydrogen-bond acceptors (Lipinski definition) is 2. The van der Waals surface area contributed by atoms with E-state index in [2.05, 4.69) is 10.6 Å². The van der Waals surface area contributed by atoms with Crippen molar-refractivity contribution in [2.45, 2.75) is 13.8 Å². The third kappa shape index (κ3) is 3.25. The van der Waals surface area contributed by atoms with Gasteiger partial charge >= 0.3 is 6.03 Å². The number of amides is 2. The Balaban J connectivity index is 2.05. The summed E-state index contributed by atoms with van der Waals surface area (Å²) in [6.45, 7) is 3.99. The molecule has 0 fully saturated rings. The van der Waals surface area contributed by atoms with Crippen molar-refractivity contribution < 1.29 is 4.79 Å². The van der Waals surface area contributed by atoms with Crippen molar-refractivity contribution >= 4 is 23.1 Å². The molecule has 2 rings (SSSR count). The minimum Gasteiger partial charge on any atom is -0.399 e. The third-order valence-electron chi connectivity index (χ3n) is 3.02. The van der Waals surface area contributed by atoms with Gasteiger partial charge in [-0.1, -0.05) is 12.1 Å². The van der Waals surface area contributed by atoms with Crippen LogP contribution in [0.1, 0.15) is 11.1 Å². The molecule has 0 aliphatic heterocycles. The Labute approximate surface area is 112 Å². The van der Waals surface area contributed by atoms with Gasteiger partial charge in [0.25, 0.3) is 0 Å². The fraction of sp³-hybridized carbons (Fsp3) is 0.133. The molecular weight excluding hydrogens is 238 g/mol. The van der Waals surface area contributed by atoms with Gasteiger partial charge < -0.3 is 16.4 Å². The number of aryl methyl sites for hydroxylation is 1. The van der Waals surface area contributed by atoms with Crippen LogP contribution in [0.3, 0.4) is 0 Å². The summed E-state index contributed by atoms with van der Waals surface area (Å²) in [6, 6.07) is 12.6. The summed E-state index contributed by atoms with van der Waals surface area (Å²) in [4.78, 5) is 11.9. The molecule has 0 bridgehead atoms. The maximum Gasteiger partial charge on any atom is 0.323 e. The molecule has 0 aliphatic carbocycles. The smallest absolute Gasteiger partial charge is 0.323 e. The summed E-state index contributed by atoms with van der Waals surface area (Å²) < 4.78 is 0. The summed E-state index contributed by atoms with van der Waals surface area (Å²) in [5, 5.41) is 5.59. The second kappa shape index (κ2) is 5.44. The fourth-order valence-corrected chi connectivity index (χ4v) is 1.74. The van der Waals surface area contributed by atoms with Crippen molar-refractivity contribution in [1.29, 1.82) is 0 Å². The number of rotatable bonds is 2. The molecule has 4 nitrogen and oxygen atoms in total. The number of hydrogen-bond donors (Lipinski definition) is 3. The molecule has 0 heterocycles. The number of nitrogens with one attached hydrogen (secondary N) is 2. The minimum absolute atomic E-state index is 0.265. The molecule has 0 saturated heterocycles. The largest absolute Gasteiger partial charge is 0.399 e. The number of urea groups is 1. The minimum atomic E-state index is -0.265. The molecule has 19 heavy (non-hydrogen) atoms. The molecule has 4 heteroatoms. The summed E-state index contributed by atoms with van der Waals surface area (Å²) >= 11 is 0. The first-order valence-corrected chi connectivity index (χ1v) is 6.06. The Morgan fingerprint density at radius 1 is 1.00 bits per heavy atom. The molecule has 0 radical (unpaired) electrons. The van der Waals surface area contributed by atoms with Crippen LogP contribution in [0.25, 0.3) is 0 Å². The van der Waals surface area contributed by atoms with Gasteiger partial charge in [-0.05, 0) is 55.3 Å². The molecule has 0 saturated carbocycles. The van der Waals surface area contributed by atoms with Gasteiger partial charge in [0.1, 0.15) is 0 Å². The molecule has 2 aromatic carbocycles. The lowest BCUT2D eigenvalue weighted by Gasteiger charge is -2.11. The van der Waals surface area contributed by atoms with Crippen molar-refractivity contribution in [3.63, 3.8) is 0 Å². The van der Waals surface area contributed by atoms with Crippen molar-refractivity contribution in [2.24, 2.45) is 0 Å². The van der Waals surface area contributed by atoms with Gasteiger partial charge in [-0.3, -0.25) is 0 Å². The first kappa shape index (κ1) is 13.0. The molecule has 2 amide bonds. The number of carbonyl (C=O) groups excluding carboxylic acids is 1. The molecule has 0 unspecified atom stereocenters. The van der Waals surface area contributed by atoms with Gasteiger partial charge in [0.05, 0.1) is 0 Å². The van der Waals surface area contributed by atoms with E-state index < -0.39 is 0 Å². The molecule has 98 valence electrons. The molecule has 0 aliphatic rings. The van der Waals surface area contributed by atoms with Gasteiger partial charge in [0, 0.05) is 17.1 Å². The van der Waals surface area contributed by atoms with Gasteiger partial charge in [-0.15, -0.1) is 0 Å². The van der Waals surface area contributed by atoms with E-state index in [1.54, 1.807) is 24.3 Å². The number of carbonyl (C=O) groups is 1. The first-order valence-electron chi connectivity index (χ1n) is 6.06. The summed E-state index contributed by atoms with van der Waals surface area (Å²) in [5.41, 5.74) is 9.98. The zero-order chi connectivity index (χ0) is 13.8.